The summed E-state index contributed by atoms with van der Waals surface area (Å²) in [5.41, 5.74) is 0. The highest BCUT2D eigenvalue weighted by Crippen LogP contribution is 2.26. The molecule has 18 heavy (non-hydrogen) atoms. The maximum atomic E-state index is 14.5. The average molecular weight is 416 g/mol. The molecule has 1 aromatic carbocycles. The molecule has 0 nitrogen and oxygen atoms in total. The van der Waals surface area contributed by atoms with Gasteiger partial charge in [-0.25, -0.2) is 8.78 Å². The van der Waals surface area contributed by atoms with Gasteiger partial charge in [-0.05, 0) is 42.2 Å². The van der Waals surface area contributed by atoms with Crippen LogP contribution < -0.4 is 10.4 Å². The van der Waals surface area contributed by atoms with E-state index in [0.717, 1.165) is 0 Å². The first-order valence-corrected chi connectivity index (χ1v) is 14.3. The molecule has 0 saturated heterocycles. The number of hydrogen-bond donors (Lipinski definition) is 0. The van der Waals surface area contributed by atoms with Gasteiger partial charge >= 0.3 is 0 Å². The Bertz CT molecular complexity index is 414. The van der Waals surface area contributed by atoms with Gasteiger partial charge in [0.05, 0.1) is 25.1 Å². The summed E-state index contributed by atoms with van der Waals surface area (Å²) in [4.78, 5) is 0. The lowest BCUT2D eigenvalue weighted by atomic mass is 10.3. The third-order valence-corrected chi connectivity index (χ3v) is 8.92. The molecule has 6 heteroatoms. The molecule has 0 spiro atoms. The van der Waals surface area contributed by atoms with E-state index in [0.29, 0.717) is 19.3 Å². The van der Waals surface area contributed by atoms with Crippen LogP contribution in [0.5, 0.6) is 0 Å². The van der Waals surface area contributed by atoms with Gasteiger partial charge in [0, 0.05) is 0 Å². The second-order valence-corrected chi connectivity index (χ2v) is 18.1. The van der Waals surface area contributed by atoms with Gasteiger partial charge < -0.3 is 0 Å². The molecule has 0 heterocycles. The van der Waals surface area contributed by atoms with Crippen molar-refractivity contribution < 1.29 is 8.78 Å². The molecule has 0 aliphatic rings. The van der Waals surface area contributed by atoms with E-state index in [9.17, 15) is 8.78 Å². The van der Waals surface area contributed by atoms with Gasteiger partial charge in [0.2, 0.25) is 0 Å². The van der Waals surface area contributed by atoms with Crippen molar-refractivity contribution in [2.75, 3.05) is 0 Å². The van der Waals surface area contributed by atoms with Crippen LogP contribution in [0.4, 0.5) is 8.78 Å². The molecule has 0 N–H and O–H groups in total. The Kier molecular flexibility index (Phi) is 4.69. The van der Waals surface area contributed by atoms with Gasteiger partial charge in [-0.1, -0.05) is 39.3 Å². The van der Waals surface area contributed by atoms with E-state index >= 15 is 0 Å². The highest BCUT2D eigenvalue weighted by molar-refractivity contribution is 9.11. The molecule has 0 saturated carbocycles. The summed E-state index contributed by atoms with van der Waals surface area (Å²) in [5, 5.41) is 1.04. The predicted octanol–water partition coefficient (Wildman–Crippen LogP) is 4.58. The van der Waals surface area contributed by atoms with E-state index in [2.05, 4.69) is 31.9 Å². The number of benzene rings is 1. The minimum absolute atomic E-state index is 0.292. The summed E-state index contributed by atoms with van der Waals surface area (Å²) in [6.07, 6.45) is 0. The maximum Gasteiger partial charge on any atom is 0.137 e. The Morgan fingerprint density at radius 3 is 1.06 bits per heavy atom. The van der Waals surface area contributed by atoms with Crippen molar-refractivity contribution >= 4 is 58.4 Å². The summed E-state index contributed by atoms with van der Waals surface area (Å²) in [5.74, 6) is -0.584. The molecule has 0 atom stereocenters. The highest BCUT2D eigenvalue weighted by atomic mass is 79.9. The fourth-order valence-corrected chi connectivity index (χ4v) is 9.73. The van der Waals surface area contributed by atoms with Crippen LogP contribution in [0.25, 0.3) is 0 Å². The van der Waals surface area contributed by atoms with Crippen molar-refractivity contribution in [1.29, 1.82) is 0 Å². The molecular formula is C12H18Br2F2Si2. The summed E-state index contributed by atoms with van der Waals surface area (Å²) >= 11 is 6.53. The minimum atomic E-state index is -1.94. The quantitative estimate of drug-likeness (QED) is 0.489. The van der Waals surface area contributed by atoms with E-state index in [4.69, 9.17) is 0 Å². The van der Waals surface area contributed by atoms with E-state index < -0.39 is 16.1 Å². The Morgan fingerprint density at radius 1 is 0.667 bits per heavy atom. The van der Waals surface area contributed by atoms with Crippen molar-refractivity contribution in [2.24, 2.45) is 0 Å². The number of rotatable bonds is 2. The molecule has 0 aliphatic heterocycles. The second kappa shape index (κ2) is 5.11. The van der Waals surface area contributed by atoms with Gasteiger partial charge in [0.1, 0.15) is 11.6 Å². The van der Waals surface area contributed by atoms with Crippen LogP contribution in [-0.4, -0.2) is 16.1 Å². The molecular weight excluding hydrogens is 398 g/mol. The summed E-state index contributed by atoms with van der Waals surface area (Å²) < 4.78 is 29.7. The third-order valence-electron chi connectivity index (χ3n) is 2.76. The molecule has 0 fully saturated rings. The number of hydrogen-bond acceptors (Lipinski definition) is 0. The van der Waals surface area contributed by atoms with E-state index in [1.54, 1.807) is 0 Å². The first kappa shape index (κ1) is 16.5. The fourth-order valence-electron chi connectivity index (χ4n) is 1.95. The van der Waals surface area contributed by atoms with Crippen molar-refractivity contribution in [3.05, 3.63) is 20.6 Å². The Morgan fingerprint density at radius 2 is 0.889 bits per heavy atom. The minimum Gasteiger partial charge on any atom is -0.206 e. The normalized spacial score (nSPS) is 13.0. The summed E-state index contributed by atoms with van der Waals surface area (Å²) in [6.45, 7) is 12.1. The fraction of sp³-hybridized carbons (Fsp3) is 0.500. The zero-order valence-corrected chi connectivity index (χ0v) is 16.7. The molecule has 0 unspecified atom stereocenters. The van der Waals surface area contributed by atoms with Gasteiger partial charge in [0.25, 0.3) is 0 Å². The molecule has 0 amide bonds. The predicted molar refractivity (Wildman–Crippen MR) is 87.7 cm³/mol. The van der Waals surface area contributed by atoms with Gasteiger partial charge in [-0.3, -0.25) is 0 Å². The second-order valence-electron chi connectivity index (χ2n) is 6.51. The van der Waals surface area contributed by atoms with Crippen molar-refractivity contribution in [1.82, 2.24) is 0 Å². The van der Waals surface area contributed by atoms with E-state index in [1.807, 2.05) is 39.3 Å². The van der Waals surface area contributed by atoms with Crippen LogP contribution in [0.1, 0.15) is 0 Å². The van der Waals surface area contributed by atoms with Crippen molar-refractivity contribution in [3.8, 4) is 0 Å². The zero-order valence-electron chi connectivity index (χ0n) is 11.5. The Balaban J connectivity index is 3.79. The summed E-state index contributed by atoms with van der Waals surface area (Å²) in [6, 6.07) is 0. The lowest BCUT2D eigenvalue weighted by molar-refractivity contribution is 0.602. The average Bonchev–Trinajstić information content (AvgIpc) is 2.10. The molecule has 1 aromatic rings. The topological polar surface area (TPSA) is 0 Å². The van der Waals surface area contributed by atoms with Crippen LogP contribution in [0, 0.1) is 11.6 Å². The summed E-state index contributed by atoms with van der Waals surface area (Å²) in [7, 11) is -3.89. The first-order chi connectivity index (χ1) is 7.89. The standard InChI is InChI=1S/C12H18Br2F2Si2/c1-17(2,3)11-7(13)10(16)12(18(4,5)6)8(14)9(11)15/h1-6H3. The molecule has 0 aliphatic carbocycles. The van der Waals surface area contributed by atoms with E-state index in [1.165, 1.54) is 0 Å². The SMILES string of the molecule is C[Si](C)(C)c1c(F)c(Br)c([Si](C)(C)C)c(F)c1Br. The van der Waals surface area contributed by atoms with Crippen LogP contribution in [0.2, 0.25) is 39.3 Å². The van der Waals surface area contributed by atoms with Crippen LogP contribution in [-0.2, 0) is 0 Å². The Labute approximate surface area is 126 Å². The molecule has 0 bridgehead atoms. The smallest absolute Gasteiger partial charge is 0.137 e. The van der Waals surface area contributed by atoms with Crippen molar-refractivity contribution in [2.45, 2.75) is 39.3 Å². The zero-order chi connectivity index (χ0) is 14.5. The number of halogens is 4. The first-order valence-electron chi connectivity index (χ1n) is 5.76. The van der Waals surface area contributed by atoms with Gasteiger partial charge in [-0.2, -0.15) is 0 Å². The molecule has 0 aromatic heterocycles. The molecule has 102 valence electrons. The van der Waals surface area contributed by atoms with Crippen molar-refractivity contribution in [3.63, 3.8) is 0 Å². The third kappa shape index (κ3) is 2.96. The highest BCUT2D eigenvalue weighted by Gasteiger charge is 2.34. The lowest BCUT2D eigenvalue weighted by Crippen LogP contribution is -2.48. The largest absolute Gasteiger partial charge is 0.206 e. The maximum absolute atomic E-state index is 14.5. The molecule has 1 rings (SSSR count). The van der Waals surface area contributed by atoms with Crippen LogP contribution in [0.15, 0.2) is 8.95 Å². The lowest BCUT2D eigenvalue weighted by Gasteiger charge is -2.26. The van der Waals surface area contributed by atoms with E-state index in [-0.39, 0.29) is 11.6 Å². The van der Waals surface area contributed by atoms with Gasteiger partial charge in [0.15, 0.2) is 0 Å². The molecule has 0 radical (unpaired) electrons. The van der Waals surface area contributed by atoms with Gasteiger partial charge in [-0.15, -0.1) is 0 Å². The monoisotopic (exact) mass is 414 g/mol. The van der Waals surface area contributed by atoms with Crippen LogP contribution in [0.3, 0.4) is 0 Å². The van der Waals surface area contributed by atoms with Crippen LogP contribution >= 0.6 is 31.9 Å². The Hall–Kier alpha value is 0.474.